The lowest BCUT2D eigenvalue weighted by molar-refractivity contribution is -0.153. The van der Waals surface area contributed by atoms with Crippen molar-refractivity contribution >= 4 is 27.8 Å². The Bertz CT molecular complexity index is 1410. The molecule has 2 aliphatic carbocycles. The standard InChI is InChI=1S/C34H56N8O6S/c1-5-6-7-8-9-10-11-14-26(38-40-36)22-27-15-16-28-30(31(44)48-20-13-12-19-37-39-35)24(2)42(32(45)41(27)28)49(46,47)23-34-18-17-25(21-29(34)43)33(34,3)4/h24-28,30H,5-23H2,1-4H3/t24-,25-,26-,27+,28+,30+,34-/m1/s1. The number of carbonyl (C=O) groups is 3. The second-order valence-electron chi connectivity index (χ2n) is 15.3. The number of esters is 1. The van der Waals surface area contributed by atoms with Crippen molar-refractivity contribution in [3.05, 3.63) is 20.9 Å². The van der Waals surface area contributed by atoms with Crippen LogP contribution in [0.15, 0.2) is 10.2 Å². The van der Waals surface area contributed by atoms with E-state index in [-0.39, 0.29) is 30.9 Å². The first kappa shape index (κ1) is 38.8. The molecule has 4 fully saturated rings. The molecule has 2 saturated carbocycles. The van der Waals surface area contributed by atoms with E-state index in [1.54, 1.807) is 11.8 Å². The predicted molar refractivity (Wildman–Crippen MR) is 186 cm³/mol. The van der Waals surface area contributed by atoms with E-state index in [1.165, 1.54) is 25.7 Å². The van der Waals surface area contributed by atoms with Gasteiger partial charge in [-0.1, -0.05) is 75.9 Å². The van der Waals surface area contributed by atoms with Crippen LogP contribution in [0.25, 0.3) is 20.9 Å². The first-order chi connectivity index (χ1) is 23.4. The highest BCUT2D eigenvalue weighted by molar-refractivity contribution is 7.89. The van der Waals surface area contributed by atoms with Gasteiger partial charge in [0.1, 0.15) is 5.78 Å². The zero-order valence-corrected chi connectivity index (χ0v) is 30.7. The van der Waals surface area contributed by atoms with Crippen LogP contribution in [0.4, 0.5) is 4.79 Å². The number of carbonyl (C=O) groups excluding carboxylic acids is 3. The summed E-state index contributed by atoms with van der Waals surface area (Å²) in [7, 11) is -4.36. The van der Waals surface area contributed by atoms with Gasteiger partial charge >= 0.3 is 12.0 Å². The maximum absolute atomic E-state index is 14.5. The summed E-state index contributed by atoms with van der Waals surface area (Å²) in [5.41, 5.74) is 16.3. The summed E-state index contributed by atoms with van der Waals surface area (Å²) in [6.45, 7) is 8.04. The number of Topliss-reactive ketones (excluding diaryl/α,β-unsaturated/α-hetero) is 1. The van der Waals surface area contributed by atoms with Crippen LogP contribution in [0.2, 0.25) is 0 Å². The Balaban J connectivity index is 1.56. The summed E-state index contributed by atoms with van der Waals surface area (Å²) in [6.07, 6.45) is 12.5. The number of urea groups is 1. The monoisotopic (exact) mass is 704 g/mol. The molecule has 0 aromatic carbocycles. The Hall–Kier alpha value is -3.02. The van der Waals surface area contributed by atoms with Crippen molar-refractivity contribution in [3.8, 4) is 0 Å². The summed E-state index contributed by atoms with van der Waals surface area (Å²) >= 11 is 0. The van der Waals surface area contributed by atoms with Crippen LogP contribution in [0.5, 0.6) is 0 Å². The van der Waals surface area contributed by atoms with Crippen molar-refractivity contribution in [2.24, 2.45) is 32.9 Å². The molecule has 2 saturated heterocycles. The Morgan fingerprint density at radius 3 is 2.37 bits per heavy atom. The van der Waals surface area contributed by atoms with Gasteiger partial charge in [-0.3, -0.25) is 9.59 Å². The lowest BCUT2D eigenvalue weighted by atomic mass is 9.70. The number of hydrogen-bond donors (Lipinski definition) is 0. The molecule has 4 rings (SSSR count). The van der Waals surface area contributed by atoms with Gasteiger partial charge in [-0.2, -0.15) is 0 Å². The molecule has 0 unspecified atom stereocenters. The fraction of sp³-hybridized carbons (Fsp3) is 0.912. The second-order valence-corrected chi connectivity index (χ2v) is 17.2. The third-order valence-corrected chi connectivity index (χ3v) is 14.2. The first-order valence-electron chi connectivity index (χ1n) is 18.5. The number of rotatable bonds is 20. The summed E-state index contributed by atoms with van der Waals surface area (Å²) in [6, 6.07) is -3.04. The van der Waals surface area contributed by atoms with E-state index < -0.39 is 62.6 Å². The van der Waals surface area contributed by atoms with Gasteiger partial charge in [-0.25, -0.2) is 17.5 Å². The Morgan fingerprint density at radius 2 is 1.73 bits per heavy atom. The molecule has 0 aromatic heterocycles. The average Bonchev–Trinajstić information content (AvgIpc) is 3.61. The minimum Gasteiger partial charge on any atom is -0.465 e. The molecule has 2 heterocycles. The van der Waals surface area contributed by atoms with Crippen molar-refractivity contribution in [1.29, 1.82) is 0 Å². The van der Waals surface area contributed by atoms with Gasteiger partial charge in [0.15, 0.2) is 0 Å². The molecule has 2 aliphatic heterocycles. The van der Waals surface area contributed by atoms with Crippen molar-refractivity contribution in [1.82, 2.24) is 9.21 Å². The molecule has 15 heteroatoms. The molecule has 0 radical (unpaired) electrons. The highest BCUT2D eigenvalue weighted by Gasteiger charge is 2.67. The van der Waals surface area contributed by atoms with E-state index in [2.05, 4.69) is 27.0 Å². The number of ketones is 1. The van der Waals surface area contributed by atoms with E-state index in [4.69, 9.17) is 10.3 Å². The van der Waals surface area contributed by atoms with E-state index in [9.17, 15) is 28.3 Å². The minimum atomic E-state index is -4.36. The Morgan fingerprint density at radius 1 is 1.02 bits per heavy atom. The molecule has 0 aromatic rings. The summed E-state index contributed by atoms with van der Waals surface area (Å²) in [5, 5.41) is 7.58. The number of ether oxygens (including phenoxy) is 1. The summed E-state index contributed by atoms with van der Waals surface area (Å²) < 4.78 is 35.5. The molecule has 4 aliphatic rings. The van der Waals surface area contributed by atoms with Crippen LogP contribution in [0.3, 0.4) is 0 Å². The number of sulfonamides is 1. The molecule has 2 bridgehead atoms. The predicted octanol–water partition coefficient (Wildman–Crippen LogP) is 7.83. The molecule has 7 atom stereocenters. The van der Waals surface area contributed by atoms with Crippen molar-refractivity contribution in [2.45, 2.75) is 155 Å². The number of amides is 2. The molecule has 0 N–H and O–H groups in total. The molecule has 2 amide bonds. The third-order valence-electron chi connectivity index (χ3n) is 12.3. The lowest BCUT2D eigenvalue weighted by Gasteiger charge is -2.48. The van der Waals surface area contributed by atoms with Crippen LogP contribution < -0.4 is 0 Å². The van der Waals surface area contributed by atoms with Gasteiger partial charge in [0.2, 0.25) is 10.0 Å². The maximum Gasteiger partial charge on any atom is 0.334 e. The van der Waals surface area contributed by atoms with Gasteiger partial charge < -0.3 is 9.64 Å². The smallest absolute Gasteiger partial charge is 0.334 e. The fourth-order valence-electron chi connectivity index (χ4n) is 9.31. The van der Waals surface area contributed by atoms with Gasteiger partial charge in [0, 0.05) is 40.9 Å². The maximum atomic E-state index is 14.5. The average molecular weight is 705 g/mol. The van der Waals surface area contributed by atoms with Gasteiger partial charge in [0.05, 0.1) is 29.7 Å². The SMILES string of the molecule is CCCCCCCCC[C@H](C[C@@H]1CC[C@H]2[C@@H](C(=O)OCCCCN=[N+]=[N-])[C@@H](C)N(S(=O)(=O)C[C@]34CC[C@H](CC3=O)C4(C)C)C(=O)N12)N=[N+]=[N-]. The van der Waals surface area contributed by atoms with Gasteiger partial charge in [-0.15, -0.1) is 0 Å². The zero-order valence-electron chi connectivity index (χ0n) is 29.8. The van der Waals surface area contributed by atoms with E-state index in [0.29, 0.717) is 51.4 Å². The van der Waals surface area contributed by atoms with Gasteiger partial charge in [-0.05, 0) is 80.7 Å². The Kier molecular flexibility index (Phi) is 13.3. The molecular formula is C34H56N8O6S. The van der Waals surface area contributed by atoms with E-state index >= 15 is 0 Å². The number of fused-ring (bicyclic) bond motifs is 3. The second kappa shape index (κ2) is 16.8. The van der Waals surface area contributed by atoms with Gasteiger partial charge in [0.25, 0.3) is 0 Å². The topological polar surface area (TPSA) is 199 Å². The van der Waals surface area contributed by atoms with E-state index in [1.807, 2.05) is 13.8 Å². The highest BCUT2D eigenvalue weighted by Crippen LogP contribution is 2.64. The number of unbranched alkanes of at least 4 members (excludes halogenated alkanes) is 7. The van der Waals surface area contributed by atoms with Crippen molar-refractivity contribution in [2.75, 3.05) is 18.9 Å². The van der Waals surface area contributed by atoms with Crippen LogP contribution in [-0.4, -0.2) is 78.5 Å². The summed E-state index contributed by atoms with van der Waals surface area (Å²) in [4.78, 5) is 48.9. The Labute approximate surface area is 291 Å². The van der Waals surface area contributed by atoms with Crippen LogP contribution >= 0.6 is 0 Å². The van der Waals surface area contributed by atoms with E-state index in [0.717, 1.165) is 30.0 Å². The van der Waals surface area contributed by atoms with Crippen LogP contribution in [0, 0.1) is 22.7 Å². The number of azide groups is 2. The largest absolute Gasteiger partial charge is 0.465 e. The number of nitrogens with zero attached hydrogens (tertiary/aromatic N) is 8. The molecule has 274 valence electrons. The number of hydrogen-bond acceptors (Lipinski definition) is 8. The zero-order chi connectivity index (χ0) is 35.8. The minimum absolute atomic E-state index is 0.0642. The highest BCUT2D eigenvalue weighted by atomic mass is 32.2. The van der Waals surface area contributed by atoms with Crippen LogP contribution in [0.1, 0.15) is 130 Å². The molecule has 14 nitrogen and oxygen atoms in total. The molecule has 49 heavy (non-hydrogen) atoms. The lowest BCUT2D eigenvalue weighted by Crippen LogP contribution is -2.66. The molecular weight excluding hydrogens is 648 g/mol. The normalized spacial score (nSPS) is 29.3. The third kappa shape index (κ3) is 8.15. The first-order valence-corrected chi connectivity index (χ1v) is 20.1. The quantitative estimate of drug-likeness (QED) is 0.0406. The van der Waals surface area contributed by atoms with Crippen molar-refractivity contribution in [3.63, 3.8) is 0 Å². The van der Waals surface area contributed by atoms with Crippen molar-refractivity contribution < 1.29 is 27.5 Å². The van der Waals surface area contributed by atoms with Crippen LogP contribution in [-0.2, 0) is 24.3 Å². The molecule has 0 spiro atoms. The summed E-state index contributed by atoms with van der Waals surface area (Å²) in [5.74, 6) is -1.94. The fourth-order valence-corrected chi connectivity index (χ4v) is 11.7.